The van der Waals surface area contributed by atoms with Crippen LogP contribution in [-0.4, -0.2) is 23.9 Å². The van der Waals surface area contributed by atoms with E-state index in [2.05, 4.69) is 19.8 Å². The molecule has 0 N–H and O–H groups in total. The number of hydrogen-bond acceptors (Lipinski definition) is 1. The summed E-state index contributed by atoms with van der Waals surface area (Å²) in [7, 11) is 0. The fourth-order valence-corrected chi connectivity index (χ4v) is 2.42. The van der Waals surface area contributed by atoms with Crippen molar-refractivity contribution in [1.82, 2.24) is 4.90 Å². The first-order valence-corrected chi connectivity index (χ1v) is 8.47. The first kappa shape index (κ1) is 19.0. The lowest BCUT2D eigenvalue weighted by molar-refractivity contribution is -0.130. The van der Waals surface area contributed by atoms with Crippen LogP contribution in [0.1, 0.15) is 84.5 Å². The monoisotopic (exact) mass is 279 g/mol. The van der Waals surface area contributed by atoms with Gasteiger partial charge in [0, 0.05) is 13.0 Å². The quantitative estimate of drug-likeness (QED) is 0.351. The minimum Gasteiger partial charge on any atom is -0.332 e. The zero-order valence-corrected chi connectivity index (χ0v) is 13.6. The molecule has 2 heteroatoms. The highest BCUT2D eigenvalue weighted by Gasteiger charge is 2.10. The van der Waals surface area contributed by atoms with Gasteiger partial charge in [0.15, 0.2) is 0 Å². The van der Waals surface area contributed by atoms with Gasteiger partial charge in [-0.3, -0.25) is 4.79 Å². The zero-order chi connectivity index (χ0) is 15.1. The zero-order valence-electron chi connectivity index (χ0n) is 13.6. The average Bonchev–Trinajstić information content (AvgIpc) is 2.45. The Morgan fingerprint density at radius 1 is 0.900 bits per heavy atom. The van der Waals surface area contributed by atoms with E-state index < -0.39 is 0 Å². The first-order valence-electron chi connectivity index (χ1n) is 8.47. The van der Waals surface area contributed by atoms with Gasteiger partial charge in [0.25, 0.3) is 0 Å². The summed E-state index contributed by atoms with van der Waals surface area (Å²) in [6.07, 6.45) is 18.5. The largest absolute Gasteiger partial charge is 0.332 e. The first-order chi connectivity index (χ1) is 9.76. The van der Waals surface area contributed by atoms with Gasteiger partial charge in [-0.05, 0) is 12.8 Å². The van der Waals surface area contributed by atoms with Gasteiger partial charge in [-0.2, -0.15) is 0 Å². The number of carbonyl (C=O) groups is 1. The van der Waals surface area contributed by atoms with Crippen molar-refractivity contribution in [2.24, 2.45) is 0 Å². The fourth-order valence-electron chi connectivity index (χ4n) is 2.42. The van der Waals surface area contributed by atoms with E-state index in [0.717, 1.165) is 19.4 Å². The van der Waals surface area contributed by atoms with Gasteiger partial charge in [-0.1, -0.05) is 71.1 Å². The molecule has 0 aromatic heterocycles. The topological polar surface area (TPSA) is 20.3 Å². The molecule has 0 aliphatic heterocycles. The maximum Gasteiger partial charge on any atom is 0.223 e. The molecule has 116 valence electrons. The standard InChI is InChI=1S/C18H33NO/c1-4-7-8-9-10-11-12-13-14-15-18(20)19(16-5-2)17-6-3/h2H,4,6-17H2,1,3H3. The van der Waals surface area contributed by atoms with Gasteiger partial charge >= 0.3 is 0 Å². The third kappa shape index (κ3) is 10.9. The number of amides is 1. The van der Waals surface area contributed by atoms with Crippen molar-refractivity contribution in [3.05, 3.63) is 0 Å². The number of hydrogen-bond donors (Lipinski definition) is 0. The molecule has 0 fully saturated rings. The lowest BCUT2D eigenvalue weighted by atomic mass is 10.1. The molecule has 0 aromatic carbocycles. The van der Waals surface area contributed by atoms with Gasteiger partial charge in [-0.15, -0.1) is 6.42 Å². The minimum absolute atomic E-state index is 0.229. The molecule has 0 saturated heterocycles. The molecular weight excluding hydrogens is 246 g/mol. The Bertz CT molecular complexity index is 267. The molecule has 0 aliphatic carbocycles. The molecule has 2 nitrogen and oxygen atoms in total. The van der Waals surface area contributed by atoms with Crippen LogP contribution in [-0.2, 0) is 4.79 Å². The molecule has 0 unspecified atom stereocenters. The van der Waals surface area contributed by atoms with Crippen molar-refractivity contribution in [2.75, 3.05) is 13.1 Å². The summed E-state index contributed by atoms with van der Waals surface area (Å²) in [5.74, 6) is 2.80. The molecule has 0 rings (SSSR count). The molecule has 1 amide bonds. The SMILES string of the molecule is C#CCN(CCC)C(=O)CCCCCCCCCCC. The van der Waals surface area contributed by atoms with Crippen LogP contribution in [0, 0.1) is 12.3 Å². The number of unbranched alkanes of at least 4 members (excludes halogenated alkanes) is 8. The van der Waals surface area contributed by atoms with Gasteiger partial charge in [0.05, 0.1) is 6.54 Å². The second-order valence-corrected chi connectivity index (χ2v) is 5.60. The van der Waals surface area contributed by atoms with E-state index in [0.29, 0.717) is 13.0 Å². The molecule has 0 atom stereocenters. The van der Waals surface area contributed by atoms with Crippen molar-refractivity contribution in [3.63, 3.8) is 0 Å². The second-order valence-electron chi connectivity index (χ2n) is 5.60. The van der Waals surface area contributed by atoms with E-state index in [-0.39, 0.29) is 5.91 Å². The number of terminal acetylenes is 1. The summed E-state index contributed by atoms with van der Waals surface area (Å²) in [4.78, 5) is 13.8. The van der Waals surface area contributed by atoms with Crippen LogP contribution in [0.15, 0.2) is 0 Å². The minimum atomic E-state index is 0.229. The Balaban J connectivity index is 3.48. The van der Waals surface area contributed by atoms with Gasteiger partial charge in [-0.25, -0.2) is 0 Å². The maximum absolute atomic E-state index is 12.0. The van der Waals surface area contributed by atoms with Crippen LogP contribution in [0.4, 0.5) is 0 Å². The normalized spacial score (nSPS) is 10.2. The highest BCUT2D eigenvalue weighted by atomic mass is 16.2. The number of nitrogens with zero attached hydrogens (tertiary/aromatic N) is 1. The van der Waals surface area contributed by atoms with Crippen LogP contribution < -0.4 is 0 Å². The number of carbonyl (C=O) groups excluding carboxylic acids is 1. The van der Waals surface area contributed by atoms with Crippen molar-refractivity contribution >= 4 is 5.91 Å². The lowest BCUT2D eigenvalue weighted by Gasteiger charge is -2.19. The van der Waals surface area contributed by atoms with Crippen molar-refractivity contribution in [3.8, 4) is 12.3 Å². The molecule has 0 aliphatic rings. The Morgan fingerprint density at radius 2 is 1.45 bits per heavy atom. The molecule has 0 radical (unpaired) electrons. The van der Waals surface area contributed by atoms with E-state index in [1.807, 2.05) is 4.90 Å². The fraction of sp³-hybridized carbons (Fsp3) is 0.833. The predicted octanol–water partition coefficient (Wildman–Crippen LogP) is 4.78. The molecular formula is C18H33NO. The summed E-state index contributed by atoms with van der Waals surface area (Å²) in [5.41, 5.74) is 0. The highest BCUT2D eigenvalue weighted by Crippen LogP contribution is 2.11. The summed E-state index contributed by atoms with van der Waals surface area (Å²) in [5, 5.41) is 0. The maximum atomic E-state index is 12.0. The van der Waals surface area contributed by atoms with E-state index >= 15 is 0 Å². The third-order valence-electron chi connectivity index (χ3n) is 3.62. The number of rotatable bonds is 13. The summed E-state index contributed by atoms with van der Waals surface area (Å²) < 4.78 is 0. The van der Waals surface area contributed by atoms with Crippen molar-refractivity contribution in [1.29, 1.82) is 0 Å². The van der Waals surface area contributed by atoms with E-state index in [4.69, 9.17) is 6.42 Å². The summed E-state index contributed by atoms with van der Waals surface area (Å²) in [6.45, 7) is 5.58. The van der Waals surface area contributed by atoms with Gasteiger partial charge in [0.1, 0.15) is 0 Å². The van der Waals surface area contributed by atoms with Gasteiger partial charge in [0.2, 0.25) is 5.91 Å². The van der Waals surface area contributed by atoms with E-state index in [1.165, 1.54) is 51.4 Å². The van der Waals surface area contributed by atoms with Crippen molar-refractivity contribution < 1.29 is 4.79 Å². The molecule has 0 aromatic rings. The van der Waals surface area contributed by atoms with Crippen LogP contribution >= 0.6 is 0 Å². The third-order valence-corrected chi connectivity index (χ3v) is 3.62. The van der Waals surface area contributed by atoms with Crippen molar-refractivity contribution in [2.45, 2.75) is 84.5 Å². The Kier molecular flexibility index (Phi) is 13.7. The average molecular weight is 279 g/mol. The molecule has 0 bridgehead atoms. The van der Waals surface area contributed by atoms with Crippen LogP contribution in [0.5, 0.6) is 0 Å². The van der Waals surface area contributed by atoms with Gasteiger partial charge < -0.3 is 4.90 Å². The lowest BCUT2D eigenvalue weighted by Crippen LogP contribution is -2.31. The summed E-state index contributed by atoms with van der Waals surface area (Å²) in [6, 6.07) is 0. The van der Waals surface area contributed by atoms with E-state index in [1.54, 1.807) is 0 Å². The smallest absolute Gasteiger partial charge is 0.223 e. The Labute approximate surface area is 126 Å². The summed E-state index contributed by atoms with van der Waals surface area (Å²) >= 11 is 0. The molecule has 0 saturated carbocycles. The van der Waals surface area contributed by atoms with Crippen LogP contribution in [0.3, 0.4) is 0 Å². The molecule has 0 spiro atoms. The van der Waals surface area contributed by atoms with Crippen LogP contribution in [0.2, 0.25) is 0 Å². The predicted molar refractivity (Wildman–Crippen MR) is 87.5 cm³/mol. The Hall–Kier alpha value is -0.970. The Morgan fingerprint density at radius 3 is 1.95 bits per heavy atom. The highest BCUT2D eigenvalue weighted by molar-refractivity contribution is 5.76. The van der Waals surface area contributed by atoms with Crippen LogP contribution in [0.25, 0.3) is 0 Å². The molecule has 0 heterocycles. The second kappa shape index (κ2) is 14.4. The van der Waals surface area contributed by atoms with E-state index in [9.17, 15) is 4.79 Å². The molecule has 20 heavy (non-hydrogen) atoms.